The van der Waals surface area contributed by atoms with E-state index in [2.05, 4.69) is 0 Å². The summed E-state index contributed by atoms with van der Waals surface area (Å²) in [6.45, 7) is -0.166. The molecule has 0 saturated carbocycles. The Morgan fingerprint density at radius 1 is 0.972 bits per heavy atom. The van der Waals surface area contributed by atoms with Crippen LogP contribution in [-0.4, -0.2) is 85.3 Å². The first kappa shape index (κ1) is 28.2. The van der Waals surface area contributed by atoms with Gasteiger partial charge in [-0.25, -0.2) is 4.79 Å². The zero-order valence-electron chi connectivity index (χ0n) is 18.8. The molecule has 1 atom stereocenters. The molecule has 1 aromatic carbocycles. The molecule has 1 aromatic rings. The first-order chi connectivity index (χ1) is 16.6. The number of ether oxygens (including phenoxy) is 1. The molecule has 3 rings (SSSR count). The van der Waals surface area contributed by atoms with Crippen LogP contribution in [0.4, 0.5) is 50.0 Å². The minimum Gasteiger partial charge on any atom is -0.465 e. The van der Waals surface area contributed by atoms with Gasteiger partial charge in [-0.15, -0.1) is 0 Å². The number of halogens is 9. The zero-order chi connectivity index (χ0) is 26.9. The molecule has 2 aliphatic rings. The number of hydrogen-bond donors (Lipinski definition) is 1. The minimum absolute atomic E-state index is 0.159. The smallest absolute Gasteiger partial charge is 0.416 e. The quantitative estimate of drug-likeness (QED) is 0.546. The number of carboxylic acid groups (broad SMARTS) is 1. The summed E-state index contributed by atoms with van der Waals surface area (Å²) < 4.78 is 125. The van der Waals surface area contributed by atoms with Crippen molar-refractivity contribution in [3.05, 3.63) is 29.3 Å². The van der Waals surface area contributed by atoms with Crippen LogP contribution < -0.4 is 4.90 Å². The fraction of sp³-hybridized carbons (Fsp3) is 0.667. The third-order valence-corrected chi connectivity index (χ3v) is 6.28. The normalized spacial score (nSPS) is 20.8. The van der Waals surface area contributed by atoms with E-state index in [1.54, 1.807) is 4.90 Å². The van der Waals surface area contributed by atoms with Crippen LogP contribution in [0.5, 0.6) is 0 Å². The molecule has 6 nitrogen and oxygen atoms in total. The molecule has 0 aliphatic carbocycles. The van der Waals surface area contributed by atoms with Gasteiger partial charge < -0.3 is 19.6 Å². The van der Waals surface area contributed by atoms with Crippen molar-refractivity contribution >= 4 is 11.8 Å². The molecule has 2 fully saturated rings. The lowest BCUT2D eigenvalue weighted by Gasteiger charge is -2.42. The van der Waals surface area contributed by atoms with Crippen LogP contribution in [0.25, 0.3) is 0 Å². The highest BCUT2D eigenvalue weighted by Crippen LogP contribution is 2.43. The van der Waals surface area contributed by atoms with Crippen LogP contribution in [0, 0.1) is 5.92 Å². The van der Waals surface area contributed by atoms with Crippen LogP contribution in [0.2, 0.25) is 0 Å². The molecule has 0 radical (unpaired) electrons. The average Bonchev–Trinajstić information content (AvgIpc) is 2.76. The van der Waals surface area contributed by atoms with E-state index in [1.807, 2.05) is 0 Å². The second kappa shape index (κ2) is 10.5. The highest BCUT2D eigenvalue weighted by Gasteiger charge is 2.57. The number of morpholine rings is 1. The highest BCUT2D eigenvalue weighted by molar-refractivity contribution is 5.65. The van der Waals surface area contributed by atoms with Crippen LogP contribution in [-0.2, 0) is 17.5 Å². The Bertz CT molecular complexity index is 901. The number of hydrogen-bond acceptors (Lipinski definition) is 4. The number of anilines is 1. The molecule has 0 unspecified atom stereocenters. The molecule has 36 heavy (non-hydrogen) atoms. The van der Waals surface area contributed by atoms with Crippen molar-refractivity contribution in [2.75, 3.05) is 50.8 Å². The molecule has 0 bridgehead atoms. The van der Waals surface area contributed by atoms with Crippen molar-refractivity contribution in [2.45, 2.75) is 37.5 Å². The van der Waals surface area contributed by atoms with Crippen LogP contribution in [0.15, 0.2) is 18.2 Å². The number of benzene rings is 1. The van der Waals surface area contributed by atoms with Gasteiger partial charge in [0.05, 0.1) is 18.8 Å². The lowest BCUT2D eigenvalue weighted by molar-refractivity contribution is -0.288. The number of nitrogens with zero attached hydrogens (tertiary/aromatic N) is 3. The standard InChI is InChI=1S/C21H24F9N3O3/c22-19(23,24)16-9-14(32-5-7-36-8-6-32)2-1-13(16)11-31-3-4-33(18(34)35)15(12-31)10-17(20(25,26)27)21(28,29)30/h1-2,9,15,17H,3-8,10-12H2,(H,34,35)/t15-/m0/s1. The summed E-state index contributed by atoms with van der Waals surface area (Å²) in [7, 11) is 0. The summed E-state index contributed by atoms with van der Waals surface area (Å²) in [5, 5.41) is 9.29. The topological polar surface area (TPSA) is 56.2 Å². The predicted octanol–water partition coefficient (Wildman–Crippen LogP) is 4.84. The highest BCUT2D eigenvalue weighted by atomic mass is 19.4. The van der Waals surface area contributed by atoms with Crippen LogP contribution in [0.1, 0.15) is 17.5 Å². The largest absolute Gasteiger partial charge is 0.465 e. The fourth-order valence-corrected chi connectivity index (χ4v) is 4.47. The molecular weight excluding hydrogens is 513 g/mol. The molecular formula is C21H24F9N3O3. The summed E-state index contributed by atoms with van der Waals surface area (Å²) in [4.78, 5) is 14.9. The lowest BCUT2D eigenvalue weighted by atomic mass is 9.95. The van der Waals surface area contributed by atoms with E-state index in [1.165, 1.54) is 17.0 Å². The van der Waals surface area contributed by atoms with E-state index in [4.69, 9.17) is 4.74 Å². The van der Waals surface area contributed by atoms with Gasteiger partial charge in [0.2, 0.25) is 0 Å². The van der Waals surface area contributed by atoms with Crippen molar-refractivity contribution < 1.29 is 54.2 Å². The second-order valence-electron chi connectivity index (χ2n) is 8.68. The van der Waals surface area contributed by atoms with E-state index in [9.17, 15) is 49.4 Å². The molecule has 2 heterocycles. The Hall–Kier alpha value is -2.42. The fourth-order valence-electron chi connectivity index (χ4n) is 4.47. The van der Waals surface area contributed by atoms with Gasteiger partial charge in [0, 0.05) is 51.0 Å². The third kappa shape index (κ3) is 6.87. The predicted molar refractivity (Wildman–Crippen MR) is 108 cm³/mol. The lowest BCUT2D eigenvalue weighted by Crippen LogP contribution is -2.56. The monoisotopic (exact) mass is 537 g/mol. The molecule has 1 amide bonds. The second-order valence-corrected chi connectivity index (χ2v) is 8.68. The minimum atomic E-state index is -5.66. The summed E-state index contributed by atoms with van der Waals surface area (Å²) in [5.41, 5.74) is -0.890. The van der Waals surface area contributed by atoms with Crippen molar-refractivity contribution in [1.82, 2.24) is 9.80 Å². The summed E-state index contributed by atoms with van der Waals surface area (Å²) >= 11 is 0. The molecule has 2 saturated heterocycles. The Labute approximate surface area is 200 Å². The molecule has 1 N–H and O–H groups in total. The van der Waals surface area contributed by atoms with Gasteiger partial charge in [0.15, 0.2) is 5.92 Å². The zero-order valence-corrected chi connectivity index (χ0v) is 18.8. The summed E-state index contributed by atoms with van der Waals surface area (Å²) in [5.74, 6) is -3.77. The number of amides is 1. The number of alkyl halides is 9. The van der Waals surface area contributed by atoms with E-state index in [0.717, 1.165) is 6.07 Å². The molecule has 0 spiro atoms. The molecule has 204 valence electrons. The number of rotatable bonds is 5. The number of carbonyl (C=O) groups is 1. The van der Waals surface area contributed by atoms with E-state index < -0.39 is 68.2 Å². The molecule has 15 heteroatoms. The van der Waals surface area contributed by atoms with Crippen molar-refractivity contribution in [3.8, 4) is 0 Å². The Morgan fingerprint density at radius 2 is 1.58 bits per heavy atom. The van der Waals surface area contributed by atoms with E-state index >= 15 is 0 Å². The van der Waals surface area contributed by atoms with Crippen molar-refractivity contribution in [1.29, 1.82) is 0 Å². The number of piperazine rings is 1. The Kier molecular flexibility index (Phi) is 8.23. The maximum Gasteiger partial charge on any atom is 0.416 e. The third-order valence-electron chi connectivity index (χ3n) is 6.28. The first-order valence-electron chi connectivity index (χ1n) is 11.0. The average molecular weight is 537 g/mol. The van der Waals surface area contributed by atoms with Gasteiger partial charge in [-0.2, -0.15) is 39.5 Å². The summed E-state index contributed by atoms with van der Waals surface area (Å²) in [6.07, 6.45) is -19.4. The van der Waals surface area contributed by atoms with Crippen molar-refractivity contribution in [3.63, 3.8) is 0 Å². The van der Waals surface area contributed by atoms with Gasteiger partial charge in [0.1, 0.15) is 0 Å². The Balaban J connectivity index is 1.83. The van der Waals surface area contributed by atoms with Gasteiger partial charge in [-0.05, 0) is 24.1 Å². The van der Waals surface area contributed by atoms with Crippen molar-refractivity contribution in [2.24, 2.45) is 5.92 Å². The van der Waals surface area contributed by atoms with Gasteiger partial charge in [-0.1, -0.05) is 6.07 Å². The van der Waals surface area contributed by atoms with E-state index in [0.29, 0.717) is 36.9 Å². The SMILES string of the molecule is O=C(O)N1CCN(Cc2ccc(N3CCOCC3)cc2C(F)(F)F)C[C@@H]1CC(C(F)(F)F)C(F)(F)F. The Morgan fingerprint density at radius 3 is 2.11 bits per heavy atom. The maximum atomic E-state index is 13.8. The first-order valence-corrected chi connectivity index (χ1v) is 11.0. The molecule has 0 aromatic heterocycles. The van der Waals surface area contributed by atoms with Crippen LogP contribution in [0.3, 0.4) is 0 Å². The molecule has 2 aliphatic heterocycles. The van der Waals surface area contributed by atoms with Crippen LogP contribution >= 0.6 is 0 Å². The maximum absolute atomic E-state index is 13.8. The van der Waals surface area contributed by atoms with Gasteiger partial charge in [-0.3, -0.25) is 4.90 Å². The van der Waals surface area contributed by atoms with Gasteiger partial charge in [0.25, 0.3) is 0 Å². The summed E-state index contributed by atoms with van der Waals surface area (Å²) in [6, 6.07) is 1.92. The van der Waals surface area contributed by atoms with E-state index in [-0.39, 0.29) is 12.1 Å². The van der Waals surface area contributed by atoms with Gasteiger partial charge >= 0.3 is 24.6 Å².